The van der Waals surface area contributed by atoms with E-state index in [0.717, 1.165) is 12.0 Å². The minimum Gasteiger partial charge on any atom is -0.458 e. The molecule has 2 N–H and O–H groups in total. The van der Waals surface area contributed by atoms with Crippen LogP contribution in [0.5, 0.6) is 0 Å². The first-order valence-electron chi connectivity index (χ1n) is 11.0. The lowest BCUT2D eigenvalue weighted by Gasteiger charge is -2.26. The van der Waals surface area contributed by atoms with Crippen molar-refractivity contribution in [3.05, 3.63) is 35.9 Å². The Morgan fingerprint density at radius 2 is 1.47 bits per heavy atom. The van der Waals surface area contributed by atoms with Gasteiger partial charge in [0.05, 0.1) is 0 Å². The van der Waals surface area contributed by atoms with Gasteiger partial charge in [-0.1, -0.05) is 43.2 Å². The summed E-state index contributed by atoms with van der Waals surface area (Å²) in [5.41, 5.74) is -0.397. The van der Waals surface area contributed by atoms with E-state index in [1.165, 1.54) is 0 Å². The molecule has 0 aliphatic carbocycles. The van der Waals surface area contributed by atoms with E-state index in [4.69, 9.17) is 14.2 Å². The summed E-state index contributed by atoms with van der Waals surface area (Å²) >= 11 is 0. The van der Waals surface area contributed by atoms with Crippen molar-refractivity contribution in [1.82, 2.24) is 10.6 Å². The van der Waals surface area contributed by atoms with E-state index >= 15 is 0 Å². The number of unbranched alkanes of at least 4 members (excludes halogenated alkanes) is 2. The second-order valence-electron chi connectivity index (χ2n) is 9.57. The van der Waals surface area contributed by atoms with Crippen LogP contribution < -0.4 is 10.6 Å². The summed E-state index contributed by atoms with van der Waals surface area (Å²) in [6.07, 6.45) is 1.43. The van der Waals surface area contributed by atoms with Crippen LogP contribution in [0.4, 0.5) is 9.59 Å². The van der Waals surface area contributed by atoms with Crippen LogP contribution in [-0.4, -0.2) is 41.9 Å². The molecule has 1 aromatic carbocycles. The van der Waals surface area contributed by atoms with Gasteiger partial charge >= 0.3 is 18.2 Å². The third kappa shape index (κ3) is 13.5. The minimum absolute atomic E-state index is 0.223. The van der Waals surface area contributed by atoms with E-state index < -0.39 is 35.4 Å². The van der Waals surface area contributed by atoms with Crippen molar-refractivity contribution in [3.63, 3.8) is 0 Å². The quantitative estimate of drug-likeness (QED) is 0.304. The molecule has 32 heavy (non-hydrogen) atoms. The van der Waals surface area contributed by atoms with Gasteiger partial charge < -0.3 is 24.8 Å². The molecule has 0 bridgehead atoms. The number of hydrogen-bond acceptors (Lipinski definition) is 6. The fourth-order valence-corrected chi connectivity index (χ4v) is 2.69. The first-order chi connectivity index (χ1) is 14.9. The summed E-state index contributed by atoms with van der Waals surface area (Å²) in [4.78, 5) is 36.4. The maximum atomic E-state index is 12.5. The van der Waals surface area contributed by atoms with Gasteiger partial charge in [-0.05, 0) is 59.9 Å². The third-order valence-electron chi connectivity index (χ3n) is 4.03. The topological polar surface area (TPSA) is 103 Å². The molecule has 0 saturated heterocycles. The zero-order valence-electron chi connectivity index (χ0n) is 20.2. The summed E-state index contributed by atoms with van der Waals surface area (Å²) in [6.45, 7) is 11.3. The van der Waals surface area contributed by atoms with E-state index in [-0.39, 0.29) is 6.61 Å². The average Bonchev–Trinajstić information content (AvgIpc) is 2.66. The van der Waals surface area contributed by atoms with E-state index in [1.807, 2.05) is 30.3 Å². The fraction of sp³-hybridized carbons (Fsp3) is 0.625. The van der Waals surface area contributed by atoms with Crippen molar-refractivity contribution in [2.75, 3.05) is 6.54 Å². The predicted octanol–water partition coefficient (Wildman–Crippen LogP) is 4.71. The molecular weight excluding hydrogens is 412 g/mol. The molecule has 0 spiro atoms. The number of alkyl carbamates (subject to hydrolysis) is 2. The lowest BCUT2D eigenvalue weighted by atomic mass is 10.1. The molecule has 0 fully saturated rings. The van der Waals surface area contributed by atoms with Crippen LogP contribution in [-0.2, 0) is 25.6 Å². The summed E-state index contributed by atoms with van der Waals surface area (Å²) in [7, 11) is 0. The van der Waals surface area contributed by atoms with Gasteiger partial charge in [-0.15, -0.1) is 0 Å². The van der Waals surface area contributed by atoms with Gasteiger partial charge in [-0.25, -0.2) is 14.4 Å². The molecule has 0 unspecified atom stereocenters. The Bertz CT molecular complexity index is 722. The smallest absolute Gasteiger partial charge is 0.408 e. The van der Waals surface area contributed by atoms with Gasteiger partial charge in [0.15, 0.2) is 0 Å². The molecule has 0 aliphatic rings. The molecule has 0 saturated carbocycles. The van der Waals surface area contributed by atoms with Crippen LogP contribution in [0.25, 0.3) is 0 Å². The first-order valence-corrected chi connectivity index (χ1v) is 11.0. The first kappa shape index (κ1) is 27.3. The highest BCUT2D eigenvalue weighted by atomic mass is 16.6. The normalized spacial score (nSPS) is 12.4. The monoisotopic (exact) mass is 450 g/mol. The molecular formula is C24H38N2O6. The van der Waals surface area contributed by atoms with Crippen molar-refractivity contribution in [3.8, 4) is 0 Å². The zero-order chi connectivity index (χ0) is 24.2. The minimum atomic E-state index is -0.798. The highest BCUT2D eigenvalue weighted by Gasteiger charge is 2.28. The number of amides is 2. The molecule has 180 valence electrons. The number of nitrogens with one attached hydrogen (secondary N) is 2. The molecule has 0 aromatic heterocycles. The summed E-state index contributed by atoms with van der Waals surface area (Å²) < 4.78 is 15.8. The van der Waals surface area contributed by atoms with Crippen LogP contribution >= 0.6 is 0 Å². The average molecular weight is 451 g/mol. The Morgan fingerprint density at radius 1 is 0.844 bits per heavy atom. The molecule has 1 rings (SSSR count). The Hall–Kier alpha value is -2.77. The SMILES string of the molecule is CC(C)(C)OC(=O)N[C@@H](CCCCCNC(=O)OCc1ccccc1)C(=O)OC(C)(C)C. The molecule has 0 radical (unpaired) electrons. The van der Waals surface area contributed by atoms with E-state index in [1.54, 1.807) is 41.5 Å². The number of ether oxygens (including phenoxy) is 3. The maximum Gasteiger partial charge on any atom is 0.408 e. The third-order valence-corrected chi connectivity index (χ3v) is 4.03. The van der Waals surface area contributed by atoms with E-state index in [9.17, 15) is 14.4 Å². The highest BCUT2D eigenvalue weighted by Crippen LogP contribution is 2.13. The van der Waals surface area contributed by atoms with Crippen LogP contribution in [0.15, 0.2) is 30.3 Å². The van der Waals surface area contributed by atoms with Crippen LogP contribution in [0.1, 0.15) is 72.8 Å². The van der Waals surface area contributed by atoms with Gasteiger partial charge in [-0.3, -0.25) is 0 Å². The molecule has 2 amide bonds. The van der Waals surface area contributed by atoms with Gasteiger partial charge in [0.2, 0.25) is 0 Å². The predicted molar refractivity (Wildman–Crippen MR) is 122 cm³/mol. The zero-order valence-corrected chi connectivity index (χ0v) is 20.2. The molecule has 8 heteroatoms. The van der Waals surface area contributed by atoms with Crippen molar-refractivity contribution in [1.29, 1.82) is 0 Å². The number of esters is 1. The Balaban J connectivity index is 2.36. The van der Waals surface area contributed by atoms with Crippen molar-refractivity contribution in [2.45, 2.75) is 91.1 Å². The Labute approximate surface area is 191 Å². The van der Waals surface area contributed by atoms with Crippen LogP contribution in [0.3, 0.4) is 0 Å². The van der Waals surface area contributed by atoms with Crippen molar-refractivity contribution >= 4 is 18.2 Å². The van der Waals surface area contributed by atoms with E-state index in [2.05, 4.69) is 10.6 Å². The fourth-order valence-electron chi connectivity index (χ4n) is 2.69. The second kappa shape index (κ2) is 12.9. The largest absolute Gasteiger partial charge is 0.458 e. The number of benzene rings is 1. The molecule has 1 atom stereocenters. The molecule has 0 heterocycles. The van der Waals surface area contributed by atoms with Gasteiger partial charge in [0, 0.05) is 6.54 Å². The number of carbonyl (C=O) groups excluding carboxylic acids is 3. The lowest BCUT2D eigenvalue weighted by Crippen LogP contribution is -2.46. The molecule has 0 aliphatic heterocycles. The maximum absolute atomic E-state index is 12.5. The van der Waals surface area contributed by atoms with Gasteiger partial charge in [0.25, 0.3) is 0 Å². The van der Waals surface area contributed by atoms with Crippen LogP contribution in [0, 0.1) is 0 Å². The van der Waals surface area contributed by atoms with Crippen LogP contribution in [0.2, 0.25) is 0 Å². The summed E-state index contributed by atoms with van der Waals surface area (Å²) in [5.74, 6) is -0.494. The number of carbonyl (C=O) groups is 3. The van der Waals surface area contributed by atoms with Crippen molar-refractivity contribution < 1.29 is 28.6 Å². The number of rotatable bonds is 10. The standard InChI is InChI=1S/C24H38N2O6/c1-23(2,3)31-20(27)19(26-22(29)32-24(4,5)6)15-11-8-12-16-25-21(28)30-17-18-13-9-7-10-14-18/h7,9-10,13-14,19H,8,11-12,15-17H2,1-6H3,(H,25,28)(H,26,29)/t19-/m0/s1. The van der Waals surface area contributed by atoms with Gasteiger partial charge in [0.1, 0.15) is 23.9 Å². The van der Waals surface area contributed by atoms with Crippen molar-refractivity contribution in [2.24, 2.45) is 0 Å². The molecule has 8 nitrogen and oxygen atoms in total. The van der Waals surface area contributed by atoms with E-state index in [0.29, 0.717) is 25.8 Å². The second-order valence-corrected chi connectivity index (χ2v) is 9.57. The summed E-state index contributed by atoms with van der Waals surface area (Å²) in [5, 5.41) is 5.32. The number of hydrogen-bond donors (Lipinski definition) is 2. The highest BCUT2D eigenvalue weighted by molar-refractivity contribution is 5.81. The summed E-state index contributed by atoms with van der Waals surface area (Å²) in [6, 6.07) is 8.66. The van der Waals surface area contributed by atoms with Gasteiger partial charge in [-0.2, -0.15) is 0 Å². The lowest BCUT2D eigenvalue weighted by molar-refractivity contribution is -0.157. The molecule has 1 aromatic rings. The Kier molecular flexibility index (Phi) is 11.0. The Morgan fingerprint density at radius 3 is 2.06 bits per heavy atom.